The lowest BCUT2D eigenvalue weighted by molar-refractivity contribution is 0.0686. The first-order valence-electron chi connectivity index (χ1n) is 15.6. The summed E-state index contributed by atoms with van der Waals surface area (Å²) in [7, 11) is 0. The Morgan fingerprint density at radius 1 is 0.404 bits per heavy atom. The lowest BCUT2D eigenvalue weighted by Crippen LogP contribution is -2.07. The van der Waals surface area contributed by atoms with Crippen LogP contribution in [0.1, 0.15) is 41.4 Å². The van der Waals surface area contributed by atoms with Gasteiger partial charge in [0.15, 0.2) is 0 Å². The van der Waals surface area contributed by atoms with E-state index in [4.69, 9.17) is 0 Å². The minimum absolute atomic E-state index is 0.00943. The molecule has 4 N–H and O–H groups in total. The summed E-state index contributed by atoms with van der Waals surface area (Å²) in [4.78, 5) is 64.8. The maximum atomic E-state index is 12.0. The standard InChI is InChI=1S/2C20H12N2O4/c23-19(24)17-11-5-1-3-7-15(11)21-9-13(17)14-10-22-16-8-4-2-6-12(16)18(14)20(25)26;23-19(24)13-9-17(21-15-7-3-1-5-11(13)15)18-10-14(20(25)26)12-6-2-4-8-16(12)22-18/h2*1-10H,(H,23,24)(H,25,26). The lowest BCUT2D eigenvalue weighted by atomic mass is 9.93. The number of pyridine rings is 4. The summed E-state index contributed by atoms with van der Waals surface area (Å²) in [5.74, 6) is -4.46. The Morgan fingerprint density at radius 3 is 1.08 bits per heavy atom. The van der Waals surface area contributed by atoms with Gasteiger partial charge in [0.2, 0.25) is 0 Å². The van der Waals surface area contributed by atoms with Gasteiger partial charge in [-0.15, -0.1) is 0 Å². The van der Waals surface area contributed by atoms with Crippen molar-refractivity contribution in [1.29, 1.82) is 0 Å². The normalized spacial score (nSPS) is 10.9. The molecule has 4 aromatic heterocycles. The molecule has 8 rings (SSSR count). The van der Waals surface area contributed by atoms with Crippen LogP contribution in [0.3, 0.4) is 0 Å². The number of carboxylic acid groups (broad SMARTS) is 4. The number of carboxylic acids is 4. The summed E-state index contributed by atoms with van der Waals surface area (Å²) >= 11 is 0. The third-order valence-electron chi connectivity index (χ3n) is 8.42. The molecule has 0 aliphatic rings. The Balaban J connectivity index is 0.000000162. The van der Waals surface area contributed by atoms with Crippen molar-refractivity contribution in [1.82, 2.24) is 19.9 Å². The quantitative estimate of drug-likeness (QED) is 0.133. The van der Waals surface area contributed by atoms with Gasteiger partial charge in [-0.25, -0.2) is 29.1 Å². The van der Waals surface area contributed by atoms with Gasteiger partial charge in [-0.1, -0.05) is 72.8 Å². The molecule has 0 atom stereocenters. The van der Waals surface area contributed by atoms with Gasteiger partial charge in [-0.2, -0.15) is 0 Å². The van der Waals surface area contributed by atoms with Gasteiger partial charge in [0.1, 0.15) is 0 Å². The van der Waals surface area contributed by atoms with E-state index in [9.17, 15) is 39.6 Å². The zero-order chi connectivity index (χ0) is 36.5. The summed E-state index contributed by atoms with van der Waals surface area (Å²) < 4.78 is 0. The molecule has 4 heterocycles. The molecule has 0 amide bonds. The fourth-order valence-corrected chi connectivity index (χ4v) is 6.12. The van der Waals surface area contributed by atoms with Crippen LogP contribution >= 0.6 is 0 Å². The van der Waals surface area contributed by atoms with Crippen LogP contribution in [-0.4, -0.2) is 64.2 Å². The van der Waals surface area contributed by atoms with Gasteiger partial charge < -0.3 is 20.4 Å². The molecule has 0 spiro atoms. The Morgan fingerprint density at radius 2 is 0.731 bits per heavy atom. The molecule has 0 fully saturated rings. The molecule has 0 bridgehead atoms. The smallest absolute Gasteiger partial charge is 0.337 e. The molecular formula is C40H24N4O8. The lowest BCUT2D eigenvalue weighted by Gasteiger charge is -2.13. The summed E-state index contributed by atoms with van der Waals surface area (Å²) in [6.07, 6.45) is 2.79. The average Bonchev–Trinajstić information content (AvgIpc) is 3.16. The zero-order valence-corrected chi connectivity index (χ0v) is 26.8. The fourth-order valence-electron chi connectivity index (χ4n) is 6.12. The van der Waals surface area contributed by atoms with Gasteiger partial charge in [-0.3, -0.25) is 9.97 Å². The molecule has 12 heteroatoms. The van der Waals surface area contributed by atoms with E-state index in [0.717, 1.165) is 0 Å². The topological polar surface area (TPSA) is 201 Å². The fraction of sp³-hybridized carbons (Fsp3) is 0. The van der Waals surface area contributed by atoms with Gasteiger partial charge >= 0.3 is 23.9 Å². The molecule has 8 aromatic rings. The van der Waals surface area contributed by atoms with E-state index in [-0.39, 0.29) is 33.4 Å². The van der Waals surface area contributed by atoms with Crippen LogP contribution in [0.25, 0.3) is 66.1 Å². The SMILES string of the molecule is O=C(O)c1c(-c2cnc3ccccc3c2C(=O)O)cnc2ccccc12.O=C(O)c1cc(-c2cc(C(=O)O)c3ccccc3n2)nc2ccccc12. The Hall–Kier alpha value is -7.60. The van der Waals surface area contributed by atoms with Crippen molar-refractivity contribution < 1.29 is 39.6 Å². The number of aromatic carboxylic acids is 4. The van der Waals surface area contributed by atoms with Gasteiger partial charge in [-0.05, 0) is 36.4 Å². The first-order valence-corrected chi connectivity index (χ1v) is 15.6. The molecule has 52 heavy (non-hydrogen) atoms. The second-order valence-electron chi connectivity index (χ2n) is 11.5. The van der Waals surface area contributed by atoms with Crippen molar-refractivity contribution in [3.05, 3.63) is 144 Å². The number of carbonyl (C=O) groups is 4. The minimum atomic E-state index is -1.15. The minimum Gasteiger partial charge on any atom is -0.478 e. The molecule has 0 aliphatic carbocycles. The highest BCUT2D eigenvalue weighted by molar-refractivity contribution is 6.14. The van der Waals surface area contributed by atoms with Crippen molar-refractivity contribution in [3.63, 3.8) is 0 Å². The van der Waals surface area contributed by atoms with Gasteiger partial charge in [0, 0.05) is 45.1 Å². The van der Waals surface area contributed by atoms with Crippen LogP contribution in [0.15, 0.2) is 122 Å². The first-order chi connectivity index (χ1) is 25.1. The molecule has 252 valence electrons. The summed E-state index contributed by atoms with van der Waals surface area (Å²) in [6.45, 7) is 0. The monoisotopic (exact) mass is 688 g/mol. The molecule has 4 aromatic carbocycles. The van der Waals surface area contributed by atoms with E-state index in [0.29, 0.717) is 55.0 Å². The van der Waals surface area contributed by atoms with Crippen molar-refractivity contribution in [2.24, 2.45) is 0 Å². The van der Waals surface area contributed by atoms with Crippen LogP contribution in [0.2, 0.25) is 0 Å². The maximum Gasteiger partial charge on any atom is 0.337 e. The van der Waals surface area contributed by atoms with Gasteiger partial charge in [0.25, 0.3) is 0 Å². The highest BCUT2D eigenvalue weighted by atomic mass is 16.4. The average molecular weight is 689 g/mol. The largest absolute Gasteiger partial charge is 0.478 e. The van der Waals surface area contributed by atoms with Crippen molar-refractivity contribution in [2.75, 3.05) is 0 Å². The highest BCUT2D eigenvalue weighted by Gasteiger charge is 2.23. The summed E-state index contributed by atoms with van der Waals surface area (Å²) in [6, 6.07) is 30.4. The number of aromatic nitrogens is 4. The number of hydrogen-bond donors (Lipinski definition) is 4. The second-order valence-corrected chi connectivity index (χ2v) is 11.5. The molecule has 0 radical (unpaired) electrons. The molecule has 0 aliphatic heterocycles. The van der Waals surface area contributed by atoms with E-state index in [1.54, 1.807) is 97.1 Å². The van der Waals surface area contributed by atoms with E-state index >= 15 is 0 Å². The second kappa shape index (κ2) is 13.4. The van der Waals surface area contributed by atoms with Gasteiger partial charge in [0.05, 0.1) is 55.7 Å². The highest BCUT2D eigenvalue weighted by Crippen LogP contribution is 2.34. The van der Waals surface area contributed by atoms with E-state index in [1.807, 2.05) is 0 Å². The van der Waals surface area contributed by atoms with E-state index in [2.05, 4.69) is 19.9 Å². The number of fused-ring (bicyclic) bond motifs is 4. The number of para-hydroxylation sites is 4. The predicted octanol–water partition coefficient (Wildman–Crippen LogP) is 7.69. The molecular weight excluding hydrogens is 664 g/mol. The summed E-state index contributed by atoms with van der Waals surface area (Å²) in [5, 5.41) is 40.5. The third kappa shape index (κ3) is 5.96. The molecule has 0 saturated carbocycles. The number of nitrogens with zero attached hydrogens (tertiary/aromatic N) is 4. The van der Waals surface area contributed by atoms with Crippen LogP contribution < -0.4 is 0 Å². The van der Waals surface area contributed by atoms with Crippen LogP contribution in [0.5, 0.6) is 0 Å². The van der Waals surface area contributed by atoms with Crippen LogP contribution in [-0.2, 0) is 0 Å². The van der Waals surface area contributed by atoms with E-state index in [1.165, 1.54) is 24.5 Å². The maximum absolute atomic E-state index is 12.0. The Labute approximate surface area is 292 Å². The Kier molecular flexibility index (Phi) is 8.46. The zero-order valence-electron chi connectivity index (χ0n) is 26.8. The Bertz CT molecular complexity index is 2590. The van der Waals surface area contributed by atoms with E-state index < -0.39 is 23.9 Å². The predicted molar refractivity (Wildman–Crippen MR) is 193 cm³/mol. The van der Waals surface area contributed by atoms with Crippen molar-refractivity contribution in [3.8, 4) is 22.5 Å². The third-order valence-corrected chi connectivity index (χ3v) is 8.42. The number of hydrogen-bond acceptors (Lipinski definition) is 8. The van der Waals surface area contributed by atoms with Crippen LogP contribution in [0.4, 0.5) is 0 Å². The van der Waals surface area contributed by atoms with Crippen LogP contribution in [0, 0.1) is 0 Å². The number of benzene rings is 4. The van der Waals surface area contributed by atoms with Crippen molar-refractivity contribution >= 4 is 67.5 Å². The van der Waals surface area contributed by atoms with Crippen molar-refractivity contribution in [2.45, 2.75) is 0 Å². The molecule has 0 unspecified atom stereocenters. The first kappa shape index (κ1) is 32.9. The molecule has 0 saturated heterocycles. The number of rotatable bonds is 6. The molecule has 12 nitrogen and oxygen atoms in total. The summed E-state index contributed by atoms with van der Waals surface area (Å²) in [5.41, 5.74) is 3.37.